The summed E-state index contributed by atoms with van der Waals surface area (Å²) in [6, 6.07) is 4.98. The van der Waals surface area contributed by atoms with Crippen LogP contribution in [0, 0.1) is 11.8 Å². The Hall–Kier alpha value is -1.47. The molecule has 1 N–H and O–H groups in total. The molecule has 0 aliphatic rings. The molecule has 0 amide bonds. The van der Waals surface area contributed by atoms with E-state index in [9.17, 15) is 18.3 Å². The van der Waals surface area contributed by atoms with Gasteiger partial charge in [-0.15, -0.1) is 11.8 Å². The maximum absolute atomic E-state index is 12.4. The predicted octanol–water partition coefficient (Wildman–Crippen LogP) is 3.02. The summed E-state index contributed by atoms with van der Waals surface area (Å²) in [5.41, 5.74) is -0.228. The van der Waals surface area contributed by atoms with E-state index in [-0.39, 0.29) is 12.8 Å². The topological polar surface area (TPSA) is 20.2 Å². The number of hydrogen-bond acceptors (Lipinski definition) is 1. The minimum absolute atomic E-state index is 0.179. The van der Waals surface area contributed by atoms with Gasteiger partial charge < -0.3 is 5.11 Å². The van der Waals surface area contributed by atoms with E-state index >= 15 is 0 Å². The zero-order chi connectivity index (χ0) is 12.9. The van der Waals surface area contributed by atoms with Crippen LogP contribution in [0.25, 0.3) is 0 Å². The standard InChI is InChI=1S/C13H13F3O/c1-2-3-7-12(17)9-10-5-4-6-11(8-10)13(14,15)16/h4-6,8,12,17H,7,9H2,1H3. The highest BCUT2D eigenvalue weighted by atomic mass is 19.4. The monoisotopic (exact) mass is 242 g/mol. The van der Waals surface area contributed by atoms with E-state index < -0.39 is 17.8 Å². The molecule has 0 heterocycles. The van der Waals surface area contributed by atoms with Gasteiger partial charge in [-0.3, -0.25) is 0 Å². The molecule has 1 aromatic rings. The molecule has 4 heteroatoms. The van der Waals surface area contributed by atoms with E-state index in [1.165, 1.54) is 6.07 Å². The summed E-state index contributed by atoms with van der Waals surface area (Å²) < 4.78 is 37.3. The Morgan fingerprint density at radius 3 is 2.65 bits per heavy atom. The van der Waals surface area contributed by atoms with Crippen LogP contribution in [0.15, 0.2) is 24.3 Å². The molecule has 0 saturated carbocycles. The van der Waals surface area contributed by atoms with Crippen LogP contribution < -0.4 is 0 Å². The lowest BCUT2D eigenvalue weighted by molar-refractivity contribution is -0.137. The Labute approximate surface area is 98.3 Å². The first-order valence-electron chi connectivity index (χ1n) is 5.17. The molecule has 1 nitrogen and oxygen atoms in total. The molecule has 1 aromatic carbocycles. The fraction of sp³-hybridized carbons (Fsp3) is 0.385. The predicted molar refractivity (Wildman–Crippen MR) is 59.2 cm³/mol. The molecule has 0 aromatic heterocycles. The molecule has 0 saturated heterocycles. The fourth-order valence-electron chi connectivity index (χ4n) is 1.44. The molecule has 0 fully saturated rings. The number of hydrogen-bond donors (Lipinski definition) is 1. The SMILES string of the molecule is CC#CCC(O)Cc1cccc(C(F)(F)F)c1. The first kappa shape index (κ1) is 13.6. The molecule has 1 unspecified atom stereocenters. The third kappa shape index (κ3) is 4.49. The smallest absolute Gasteiger partial charge is 0.392 e. The Bertz CT molecular complexity index is 426. The van der Waals surface area contributed by atoms with Crippen molar-refractivity contribution in [2.24, 2.45) is 0 Å². The molecule has 0 spiro atoms. The lowest BCUT2D eigenvalue weighted by Gasteiger charge is -2.10. The second-order valence-corrected chi connectivity index (χ2v) is 3.69. The average Bonchev–Trinajstić information content (AvgIpc) is 2.25. The Kier molecular flexibility index (Phi) is 4.59. The number of aliphatic hydroxyl groups is 1. The Morgan fingerprint density at radius 1 is 1.35 bits per heavy atom. The van der Waals surface area contributed by atoms with Crippen molar-refractivity contribution >= 4 is 0 Å². The van der Waals surface area contributed by atoms with Gasteiger partial charge in [-0.25, -0.2) is 0 Å². The van der Waals surface area contributed by atoms with Gasteiger partial charge >= 0.3 is 6.18 Å². The fourth-order valence-corrected chi connectivity index (χ4v) is 1.44. The highest BCUT2D eigenvalue weighted by Gasteiger charge is 2.30. The summed E-state index contributed by atoms with van der Waals surface area (Å²) in [5.74, 6) is 5.32. The maximum Gasteiger partial charge on any atom is 0.416 e. The second kappa shape index (κ2) is 5.74. The summed E-state index contributed by atoms with van der Waals surface area (Å²) in [6.45, 7) is 1.65. The summed E-state index contributed by atoms with van der Waals surface area (Å²) >= 11 is 0. The summed E-state index contributed by atoms with van der Waals surface area (Å²) in [5, 5.41) is 9.54. The van der Waals surface area contributed by atoms with Crippen LogP contribution >= 0.6 is 0 Å². The molecule has 92 valence electrons. The van der Waals surface area contributed by atoms with Crippen LogP contribution in [-0.4, -0.2) is 11.2 Å². The van der Waals surface area contributed by atoms with Crippen LogP contribution in [-0.2, 0) is 12.6 Å². The van der Waals surface area contributed by atoms with Crippen LogP contribution in [0.3, 0.4) is 0 Å². The lowest BCUT2D eigenvalue weighted by atomic mass is 10.0. The number of halogens is 3. The zero-order valence-corrected chi connectivity index (χ0v) is 9.38. The second-order valence-electron chi connectivity index (χ2n) is 3.69. The first-order valence-corrected chi connectivity index (χ1v) is 5.17. The average molecular weight is 242 g/mol. The zero-order valence-electron chi connectivity index (χ0n) is 9.38. The van der Waals surface area contributed by atoms with E-state index in [0.29, 0.717) is 5.56 Å². The molecule has 0 radical (unpaired) electrons. The van der Waals surface area contributed by atoms with Gasteiger partial charge in [0.05, 0.1) is 11.7 Å². The van der Waals surface area contributed by atoms with Crippen molar-refractivity contribution in [3.05, 3.63) is 35.4 Å². The normalized spacial score (nSPS) is 12.8. The summed E-state index contributed by atoms with van der Waals surface area (Å²) in [6.07, 6.45) is -4.62. The maximum atomic E-state index is 12.4. The molecule has 1 atom stereocenters. The van der Waals surface area contributed by atoms with Crippen molar-refractivity contribution < 1.29 is 18.3 Å². The third-order valence-electron chi connectivity index (χ3n) is 2.24. The van der Waals surface area contributed by atoms with Crippen molar-refractivity contribution in [1.29, 1.82) is 0 Å². The van der Waals surface area contributed by atoms with Gasteiger partial charge in [0.2, 0.25) is 0 Å². The van der Waals surface area contributed by atoms with E-state index in [2.05, 4.69) is 11.8 Å². The van der Waals surface area contributed by atoms with Gasteiger partial charge in [-0.1, -0.05) is 18.2 Å². The minimum atomic E-state index is -4.34. The molecule has 0 aliphatic carbocycles. The van der Waals surface area contributed by atoms with E-state index in [4.69, 9.17) is 0 Å². The lowest BCUT2D eigenvalue weighted by Crippen LogP contribution is -2.11. The summed E-state index contributed by atoms with van der Waals surface area (Å²) in [4.78, 5) is 0. The Morgan fingerprint density at radius 2 is 2.06 bits per heavy atom. The van der Waals surface area contributed by atoms with Gasteiger partial charge in [0, 0.05) is 6.42 Å². The third-order valence-corrected chi connectivity index (χ3v) is 2.24. The van der Waals surface area contributed by atoms with Crippen molar-refractivity contribution in [1.82, 2.24) is 0 Å². The van der Waals surface area contributed by atoms with Crippen LogP contribution in [0.2, 0.25) is 0 Å². The quantitative estimate of drug-likeness (QED) is 0.808. The van der Waals surface area contributed by atoms with Crippen molar-refractivity contribution in [2.45, 2.75) is 32.0 Å². The van der Waals surface area contributed by atoms with E-state index in [1.54, 1.807) is 13.0 Å². The minimum Gasteiger partial charge on any atom is -0.392 e. The van der Waals surface area contributed by atoms with Crippen molar-refractivity contribution in [3.63, 3.8) is 0 Å². The molecular formula is C13H13F3O. The van der Waals surface area contributed by atoms with Crippen LogP contribution in [0.5, 0.6) is 0 Å². The highest BCUT2D eigenvalue weighted by molar-refractivity contribution is 5.26. The first-order chi connectivity index (χ1) is 7.93. The van der Waals surface area contributed by atoms with E-state index in [0.717, 1.165) is 12.1 Å². The highest BCUT2D eigenvalue weighted by Crippen LogP contribution is 2.29. The van der Waals surface area contributed by atoms with E-state index in [1.807, 2.05) is 0 Å². The van der Waals surface area contributed by atoms with Gasteiger partial charge in [-0.05, 0) is 25.0 Å². The Balaban J connectivity index is 2.74. The van der Waals surface area contributed by atoms with Crippen molar-refractivity contribution in [3.8, 4) is 11.8 Å². The number of rotatable bonds is 3. The summed E-state index contributed by atoms with van der Waals surface area (Å²) in [7, 11) is 0. The van der Waals surface area contributed by atoms with Gasteiger partial charge in [-0.2, -0.15) is 13.2 Å². The molecule has 0 bridgehead atoms. The largest absolute Gasteiger partial charge is 0.416 e. The molecule has 1 rings (SSSR count). The van der Waals surface area contributed by atoms with Crippen molar-refractivity contribution in [2.75, 3.05) is 0 Å². The molecule has 17 heavy (non-hydrogen) atoms. The molecular weight excluding hydrogens is 229 g/mol. The van der Waals surface area contributed by atoms with Gasteiger partial charge in [0.15, 0.2) is 0 Å². The number of aliphatic hydroxyl groups excluding tert-OH is 1. The van der Waals surface area contributed by atoms with Gasteiger partial charge in [0.25, 0.3) is 0 Å². The van der Waals surface area contributed by atoms with Crippen LogP contribution in [0.4, 0.5) is 13.2 Å². The van der Waals surface area contributed by atoms with Gasteiger partial charge in [0.1, 0.15) is 0 Å². The number of benzene rings is 1. The number of alkyl halides is 3. The molecule has 0 aliphatic heterocycles. The van der Waals surface area contributed by atoms with Crippen LogP contribution in [0.1, 0.15) is 24.5 Å².